The van der Waals surface area contributed by atoms with Crippen molar-refractivity contribution in [2.45, 2.75) is 0 Å². The third-order valence-corrected chi connectivity index (χ3v) is 1.66. The number of rotatable bonds is 0. The van der Waals surface area contributed by atoms with E-state index in [0.717, 1.165) is 0 Å². The SMILES string of the molecule is NC(=O)O.Nc1ccnc(Cl)c1Cl. The molecule has 0 bridgehead atoms. The Morgan fingerprint density at radius 2 is 2.00 bits per heavy atom. The first kappa shape index (κ1) is 11.8. The number of hydrogen-bond donors (Lipinski definition) is 3. The molecule has 1 amide bonds. The maximum Gasteiger partial charge on any atom is 0.402 e. The fourth-order valence-corrected chi connectivity index (χ4v) is 0.709. The normalized spacial score (nSPS) is 8.46. The minimum atomic E-state index is -1.33. The summed E-state index contributed by atoms with van der Waals surface area (Å²) in [5, 5.41) is 7.76. The number of carbonyl (C=O) groups is 1. The van der Waals surface area contributed by atoms with Gasteiger partial charge in [0, 0.05) is 6.20 Å². The van der Waals surface area contributed by atoms with Gasteiger partial charge >= 0.3 is 6.09 Å². The van der Waals surface area contributed by atoms with Crippen LogP contribution in [0.1, 0.15) is 0 Å². The lowest BCUT2D eigenvalue weighted by Crippen LogP contribution is -2.03. The van der Waals surface area contributed by atoms with Gasteiger partial charge in [-0.2, -0.15) is 0 Å². The molecule has 0 unspecified atom stereocenters. The maximum absolute atomic E-state index is 8.78. The number of pyridine rings is 1. The van der Waals surface area contributed by atoms with Gasteiger partial charge in [0.1, 0.15) is 10.2 Å². The van der Waals surface area contributed by atoms with E-state index in [1.165, 1.54) is 6.20 Å². The monoisotopic (exact) mass is 223 g/mol. The number of aromatic nitrogens is 1. The highest BCUT2D eigenvalue weighted by Crippen LogP contribution is 2.24. The van der Waals surface area contributed by atoms with Crippen molar-refractivity contribution in [1.82, 2.24) is 4.98 Å². The van der Waals surface area contributed by atoms with Crippen LogP contribution in [0.5, 0.6) is 0 Å². The van der Waals surface area contributed by atoms with E-state index in [0.29, 0.717) is 10.7 Å². The molecule has 0 saturated heterocycles. The minimum Gasteiger partial charge on any atom is -0.465 e. The van der Waals surface area contributed by atoms with Crippen LogP contribution in [-0.4, -0.2) is 16.2 Å². The number of primary amides is 1. The molecule has 0 radical (unpaired) electrons. The summed E-state index contributed by atoms with van der Waals surface area (Å²) in [6, 6.07) is 1.59. The molecular formula is C6H7Cl2N3O2. The van der Waals surface area contributed by atoms with Gasteiger partial charge in [0.25, 0.3) is 0 Å². The Morgan fingerprint density at radius 3 is 2.31 bits per heavy atom. The molecule has 1 aromatic rings. The summed E-state index contributed by atoms with van der Waals surface area (Å²) in [7, 11) is 0. The van der Waals surface area contributed by atoms with Gasteiger partial charge in [-0.15, -0.1) is 0 Å². The molecule has 13 heavy (non-hydrogen) atoms. The van der Waals surface area contributed by atoms with Gasteiger partial charge in [-0.05, 0) is 6.07 Å². The van der Waals surface area contributed by atoms with Crippen LogP contribution >= 0.6 is 23.2 Å². The van der Waals surface area contributed by atoms with Crippen LogP contribution in [0.2, 0.25) is 10.2 Å². The second kappa shape index (κ2) is 5.45. The number of halogens is 2. The summed E-state index contributed by atoms with van der Waals surface area (Å²) < 4.78 is 0. The van der Waals surface area contributed by atoms with Gasteiger partial charge in [-0.1, -0.05) is 23.2 Å². The van der Waals surface area contributed by atoms with Crippen molar-refractivity contribution in [3.63, 3.8) is 0 Å². The van der Waals surface area contributed by atoms with Gasteiger partial charge in [-0.3, -0.25) is 0 Å². The molecule has 5 nitrogen and oxygen atoms in total. The van der Waals surface area contributed by atoms with Crippen molar-refractivity contribution < 1.29 is 9.90 Å². The molecule has 1 aromatic heterocycles. The van der Waals surface area contributed by atoms with E-state index < -0.39 is 6.09 Å². The number of carboxylic acid groups (broad SMARTS) is 1. The number of nitrogens with two attached hydrogens (primary N) is 2. The van der Waals surface area contributed by atoms with Gasteiger partial charge in [-0.25, -0.2) is 9.78 Å². The van der Waals surface area contributed by atoms with Crippen molar-refractivity contribution in [1.29, 1.82) is 0 Å². The maximum atomic E-state index is 8.78. The van der Waals surface area contributed by atoms with E-state index in [9.17, 15) is 0 Å². The van der Waals surface area contributed by atoms with E-state index in [1.54, 1.807) is 6.07 Å². The molecule has 5 N–H and O–H groups in total. The van der Waals surface area contributed by atoms with Crippen LogP contribution in [0.3, 0.4) is 0 Å². The first-order chi connectivity index (χ1) is 5.95. The van der Waals surface area contributed by atoms with Crippen molar-refractivity contribution >= 4 is 35.0 Å². The average molecular weight is 224 g/mol. The van der Waals surface area contributed by atoms with Crippen LogP contribution in [0, 0.1) is 0 Å². The van der Waals surface area contributed by atoms with Crippen molar-refractivity contribution in [3.05, 3.63) is 22.4 Å². The molecule has 72 valence electrons. The number of hydrogen-bond acceptors (Lipinski definition) is 3. The average Bonchev–Trinajstić information content (AvgIpc) is 1.99. The first-order valence-electron chi connectivity index (χ1n) is 2.99. The zero-order chi connectivity index (χ0) is 10.4. The molecule has 0 spiro atoms. The molecule has 1 heterocycles. The number of anilines is 1. The molecule has 0 fully saturated rings. The van der Waals surface area contributed by atoms with Crippen molar-refractivity contribution in [2.75, 3.05) is 5.73 Å². The van der Waals surface area contributed by atoms with E-state index >= 15 is 0 Å². The molecule has 0 aliphatic carbocycles. The standard InChI is InChI=1S/C5H4Cl2N2.CH3NO2/c6-4-3(8)1-2-9-5(4)7;2-1(3)4/h1-2H,(H2,8,9);2H2,(H,3,4). The Labute approximate surface area is 84.3 Å². The van der Waals surface area contributed by atoms with Crippen LogP contribution in [0.25, 0.3) is 0 Å². The van der Waals surface area contributed by atoms with Gasteiger partial charge in [0.15, 0.2) is 0 Å². The fraction of sp³-hybridized carbons (Fsp3) is 0. The third kappa shape index (κ3) is 5.10. The highest BCUT2D eigenvalue weighted by molar-refractivity contribution is 6.42. The Balaban J connectivity index is 0.000000310. The summed E-state index contributed by atoms with van der Waals surface area (Å²) >= 11 is 11.0. The number of nitrogens with zero attached hydrogens (tertiary/aromatic N) is 1. The summed E-state index contributed by atoms with van der Waals surface area (Å²) in [4.78, 5) is 12.5. The lowest BCUT2D eigenvalue weighted by atomic mass is 10.4. The molecular weight excluding hydrogens is 217 g/mol. The van der Waals surface area contributed by atoms with Crippen LogP contribution in [-0.2, 0) is 0 Å². The van der Waals surface area contributed by atoms with Crippen LogP contribution < -0.4 is 11.5 Å². The smallest absolute Gasteiger partial charge is 0.402 e. The summed E-state index contributed by atoms with van der Waals surface area (Å²) in [6.45, 7) is 0. The minimum absolute atomic E-state index is 0.247. The molecule has 7 heteroatoms. The van der Waals surface area contributed by atoms with E-state index in [4.69, 9.17) is 38.8 Å². The zero-order valence-electron chi connectivity index (χ0n) is 6.37. The number of nitrogen functional groups attached to an aromatic ring is 1. The zero-order valence-corrected chi connectivity index (χ0v) is 7.88. The lowest BCUT2D eigenvalue weighted by Gasteiger charge is -1.95. The molecule has 0 aliphatic rings. The second-order valence-electron chi connectivity index (χ2n) is 1.84. The molecule has 0 saturated carbocycles. The van der Waals surface area contributed by atoms with E-state index in [2.05, 4.69) is 10.7 Å². The largest absolute Gasteiger partial charge is 0.465 e. The Kier molecular flexibility index (Phi) is 4.94. The lowest BCUT2D eigenvalue weighted by molar-refractivity contribution is 0.205. The molecule has 1 rings (SSSR count). The second-order valence-corrected chi connectivity index (χ2v) is 2.58. The Bertz CT molecular complexity index is 282. The number of amides is 1. The summed E-state index contributed by atoms with van der Waals surface area (Å²) in [5.41, 5.74) is 9.85. The van der Waals surface area contributed by atoms with Crippen molar-refractivity contribution in [2.24, 2.45) is 5.73 Å². The summed E-state index contributed by atoms with van der Waals surface area (Å²) in [6.07, 6.45) is 0.170. The molecule has 0 atom stereocenters. The predicted octanol–water partition coefficient (Wildman–Crippen LogP) is 1.59. The van der Waals surface area contributed by atoms with E-state index in [-0.39, 0.29) is 5.15 Å². The Hall–Kier alpha value is -1.20. The van der Waals surface area contributed by atoms with Crippen LogP contribution in [0.15, 0.2) is 12.3 Å². The third-order valence-electron chi connectivity index (χ3n) is 0.877. The predicted molar refractivity (Wildman–Crippen MR) is 50.9 cm³/mol. The van der Waals surface area contributed by atoms with Gasteiger partial charge in [0.05, 0.1) is 5.69 Å². The van der Waals surface area contributed by atoms with Crippen LogP contribution in [0.4, 0.5) is 10.5 Å². The van der Waals surface area contributed by atoms with Crippen molar-refractivity contribution in [3.8, 4) is 0 Å². The van der Waals surface area contributed by atoms with Gasteiger partial charge < -0.3 is 16.6 Å². The van der Waals surface area contributed by atoms with E-state index in [1.807, 2.05) is 0 Å². The topological polar surface area (TPSA) is 102 Å². The van der Waals surface area contributed by atoms with Gasteiger partial charge in [0.2, 0.25) is 0 Å². The summed E-state index contributed by atoms with van der Waals surface area (Å²) in [5.74, 6) is 0. The first-order valence-corrected chi connectivity index (χ1v) is 3.74. The highest BCUT2D eigenvalue weighted by atomic mass is 35.5. The fourth-order valence-electron chi connectivity index (χ4n) is 0.432. The highest BCUT2D eigenvalue weighted by Gasteiger charge is 1.99. The molecule has 0 aliphatic heterocycles. The Morgan fingerprint density at radius 1 is 1.54 bits per heavy atom. The quantitative estimate of drug-likeness (QED) is 0.582. The molecule has 0 aromatic carbocycles.